The van der Waals surface area contributed by atoms with Crippen LogP contribution in [0, 0.1) is 5.41 Å². The number of carbonyl (C=O) groups excluding carboxylic acids is 1. The Morgan fingerprint density at radius 1 is 1.57 bits per heavy atom. The molecule has 0 aliphatic rings. The number of rotatable bonds is 7. The van der Waals surface area contributed by atoms with Crippen LogP contribution in [-0.4, -0.2) is 30.2 Å². The van der Waals surface area contributed by atoms with Gasteiger partial charge in [-0.15, -0.1) is 0 Å². The summed E-state index contributed by atoms with van der Waals surface area (Å²) < 4.78 is 0. The molecule has 0 aliphatic heterocycles. The van der Waals surface area contributed by atoms with Gasteiger partial charge in [-0.2, -0.15) is 0 Å². The zero-order valence-corrected chi connectivity index (χ0v) is 9.34. The lowest BCUT2D eigenvalue weighted by atomic mass is 9.89. The van der Waals surface area contributed by atoms with Gasteiger partial charge in [-0.1, -0.05) is 20.8 Å². The van der Waals surface area contributed by atoms with E-state index < -0.39 is 0 Å². The number of primary amides is 1. The van der Waals surface area contributed by atoms with Crippen molar-refractivity contribution in [3.05, 3.63) is 0 Å². The zero-order valence-electron chi connectivity index (χ0n) is 9.34. The molecule has 84 valence electrons. The van der Waals surface area contributed by atoms with Gasteiger partial charge >= 0.3 is 0 Å². The van der Waals surface area contributed by atoms with Crippen LogP contribution in [-0.2, 0) is 4.79 Å². The van der Waals surface area contributed by atoms with E-state index in [2.05, 4.69) is 5.32 Å². The first-order chi connectivity index (χ1) is 6.43. The second kappa shape index (κ2) is 5.98. The highest BCUT2D eigenvalue weighted by molar-refractivity contribution is 5.79. The molecule has 4 heteroatoms. The Morgan fingerprint density at radius 3 is 2.50 bits per heavy atom. The van der Waals surface area contributed by atoms with Gasteiger partial charge in [0.1, 0.15) is 0 Å². The minimum Gasteiger partial charge on any atom is -0.396 e. The molecule has 0 heterocycles. The van der Waals surface area contributed by atoms with Crippen molar-refractivity contribution in [3.8, 4) is 0 Å². The number of hydrogen-bond acceptors (Lipinski definition) is 3. The van der Waals surface area contributed by atoms with Crippen molar-refractivity contribution in [2.24, 2.45) is 11.1 Å². The van der Waals surface area contributed by atoms with Gasteiger partial charge in [0.25, 0.3) is 0 Å². The number of hydrogen-bond donors (Lipinski definition) is 3. The maximum absolute atomic E-state index is 10.9. The maximum Gasteiger partial charge on any atom is 0.234 e. The second-order valence-corrected chi connectivity index (χ2v) is 4.38. The SMILES string of the molecule is CCC(NCC(C)(C)CCO)C(N)=O. The standard InChI is InChI=1S/C10H22N2O2/c1-4-8(9(11)14)12-7-10(2,3)5-6-13/h8,12-13H,4-7H2,1-3H3,(H2,11,14). The molecule has 0 saturated carbocycles. The van der Waals surface area contributed by atoms with Crippen molar-refractivity contribution in [2.75, 3.05) is 13.2 Å². The fourth-order valence-corrected chi connectivity index (χ4v) is 1.24. The predicted octanol–water partition coefficient (Wildman–Crippen LogP) is 0.248. The third-order valence-corrected chi connectivity index (χ3v) is 2.37. The second-order valence-electron chi connectivity index (χ2n) is 4.38. The molecule has 0 rings (SSSR count). The van der Waals surface area contributed by atoms with E-state index in [9.17, 15) is 4.79 Å². The van der Waals surface area contributed by atoms with Gasteiger partial charge in [0, 0.05) is 13.2 Å². The average molecular weight is 202 g/mol. The van der Waals surface area contributed by atoms with Crippen molar-refractivity contribution >= 4 is 5.91 Å². The highest BCUT2D eigenvalue weighted by Crippen LogP contribution is 2.18. The Morgan fingerprint density at radius 2 is 2.14 bits per heavy atom. The molecule has 1 amide bonds. The fraction of sp³-hybridized carbons (Fsp3) is 0.900. The molecule has 0 spiro atoms. The minimum absolute atomic E-state index is 0.00236. The van der Waals surface area contributed by atoms with E-state index in [1.54, 1.807) is 0 Å². The molecule has 0 aromatic heterocycles. The van der Waals surface area contributed by atoms with E-state index in [-0.39, 0.29) is 24.0 Å². The quantitative estimate of drug-likeness (QED) is 0.554. The number of amides is 1. The summed E-state index contributed by atoms with van der Waals surface area (Å²) in [5, 5.41) is 11.9. The van der Waals surface area contributed by atoms with Gasteiger partial charge in [-0.05, 0) is 18.3 Å². The normalized spacial score (nSPS) is 14.0. The Bertz CT molecular complexity index is 181. The van der Waals surface area contributed by atoms with E-state index in [0.717, 1.165) is 6.42 Å². The Hall–Kier alpha value is -0.610. The Kier molecular flexibility index (Phi) is 5.72. The lowest BCUT2D eigenvalue weighted by molar-refractivity contribution is -0.120. The summed E-state index contributed by atoms with van der Waals surface area (Å²) in [4.78, 5) is 10.9. The van der Waals surface area contributed by atoms with Crippen LogP contribution in [0.5, 0.6) is 0 Å². The fourth-order valence-electron chi connectivity index (χ4n) is 1.24. The molecule has 0 saturated heterocycles. The summed E-state index contributed by atoms with van der Waals surface area (Å²) >= 11 is 0. The van der Waals surface area contributed by atoms with E-state index in [1.807, 2.05) is 20.8 Å². The summed E-state index contributed by atoms with van der Waals surface area (Å²) in [6.45, 7) is 6.87. The van der Waals surface area contributed by atoms with Crippen LogP contribution in [0.25, 0.3) is 0 Å². The molecule has 0 bridgehead atoms. The zero-order chi connectivity index (χ0) is 11.2. The van der Waals surface area contributed by atoms with Crippen LogP contribution in [0.15, 0.2) is 0 Å². The van der Waals surface area contributed by atoms with Crippen molar-refractivity contribution in [2.45, 2.75) is 39.7 Å². The van der Waals surface area contributed by atoms with Gasteiger partial charge in [0.05, 0.1) is 6.04 Å². The van der Waals surface area contributed by atoms with Gasteiger partial charge < -0.3 is 16.2 Å². The summed E-state index contributed by atoms with van der Waals surface area (Å²) in [7, 11) is 0. The molecule has 0 aromatic carbocycles. The maximum atomic E-state index is 10.9. The highest BCUT2D eigenvalue weighted by atomic mass is 16.3. The van der Waals surface area contributed by atoms with E-state index >= 15 is 0 Å². The van der Waals surface area contributed by atoms with Crippen LogP contribution in [0.4, 0.5) is 0 Å². The monoisotopic (exact) mass is 202 g/mol. The molecule has 1 atom stereocenters. The molecule has 4 N–H and O–H groups in total. The van der Waals surface area contributed by atoms with Gasteiger partial charge in [-0.3, -0.25) is 4.79 Å². The molecule has 0 radical (unpaired) electrons. The largest absolute Gasteiger partial charge is 0.396 e. The summed E-state index contributed by atoms with van der Waals surface area (Å²) in [6, 6.07) is -0.257. The van der Waals surface area contributed by atoms with Crippen molar-refractivity contribution in [1.82, 2.24) is 5.32 Å². The van der Waals surface area contributed by atoms with E-state index in [0.29, 0.717) is 13.0 Å². The summed E-state index contributed by atoms with van der Waals surface area (Å²) in [6.07, 6.45) is 1.42. The number of nitrogens with two attached hydrogens (primary N) is 1. The third-order valence-electron chi connectivity index (χ3n) is 2.37. The smallest absolute Gasteiger partial charge is 0.234 e. The van der Waals surface area contributed by atoms with Crippen molar-refractivity contribution in [3.63, 3.8) is 0 Å². The van der Waals surface area contributed by atoms with Crippen molar-refractivity contribution < 1.29 is 9.90 Å². The van der Waals surface area contributed by atoms with E-state index in [4.69, 9.17) is 10.8 Å². The van der Waals surface area contributed by atoms with Crippen LogP contribution in [0.2, 0.25) is 0 Å². The summed E-state index contributed by atoms with van der Waals surface area (Å²) in [5.74, 6) is -0.313. The van der Waals surface area contributed by atoms with Crippen LogP contribution < -0.4 is 11.1 Å². The van der Waals surface area contributed by atoms with E-state index in [1.165, 1.54) is 0 Å². The minimum atomic E-state index is -0.313. The lowest BCUT2D eigenvalue weighted by Crippen LogP contribution is -2.44. The number of aliphatic hydroxyl groups excluding tert-OH is 1. The first-order valence-corrected chi connectivity index (χ1v) is 5.06. The molecular weight excluding hydrogens is 180 g/mol. The molecule has 0 aliphatic carbocycles. The molecular formula is C10H22N2O2. The lowest BCUT2D eigenvalue weighted by Gasteiger charge is -2.26. The van der Waals surface area contributed by atoms with Gasteiger partial charge in [0.2, 0.25) is 5.91 Å². The van der Waals surface area contributed by atoms with Crippen molar-refractivity contribution in [1.29, 1.82) is 0 Å². The highest BCUT2D eigenvalue weighted by Gasteiger charge is 2.20. The van der Waals surface area contributed by atoms with Crippen LogP contribution in [0.3, 0.4) is 0 Å². The topological polar surface area (TPSA) is 75.3 Å². The van der Waals surface area contributed by atoms with Gasteiger partial charge in [0.15, 0.2) is 0 Å². The Labute approximate surface area is 85.9 Å². The number of aliphatic hydroxyl groups is 1. The Balaban J connectivity index is 3.95. The molecule has 4 nitrogen and oxygen atoms in total. The first-order valence-electron chi connectivity index (χ1n) is 5.06. The molecule has 1 unspecified atom stereocenters. The molecule has 0 aromatic rings. The number of carbonyl (C=O) groups is 1. The predicted molar refractivity (Wildman–Crippen MR) is 56.8 cm³/mol. The summed E-state index contributed by atoms with van der Waals surface area (Å²) in [5.41, 5.74) is 5.20. The van der Waals surface area contributed by atoms with Crippen LogP contribution >= 0.6 is 0 Å². The molecule has 0 fully saturated rings. The number of nitrogens with one attached hydrogen (secondary N) is 1. The third kappa shape index (κ3) is 5.19. The first kappa shape index (κ1) is 13.4. The molecule has 14 heavy (non-hydrogen) atoms. The average Bonchev–Trinajstić information content (AvgIpc) is 2.04. The van der Waals surface area contributed by atoms with Crippen LogP contribution in [0.1, 0.15) is 33.6 Å². The van der Waals surface area contributed by atoms with Gasteiger partial charge in [-0.25, -0.2) is 0 Å².